The minimum absolute atomic E-state index is 0.0598. The summed E-state index contributed by atoms with van der Waals surface area (Å²) in [5, 5.41) is 7.38. The maximum atomic E-state index is 12.5. The Morgan fingerprint density at radius 1 is 1.22 bits per heavy atom. The molecule has 7 heteroatoms. The van der Waals surface area contributed by atoms with Gasteiger partial charge in [0, 0.05) is 18.5 Å². The third-order valence-corrected chi connectivity index (χ3v) is 2.26. The van der Waals surface area contributed by atoms with Crippen molar-refractivity contribution in [2.75, 3.05) is 6.54 Å². The Balaban J connectivity index is 2.32. The average molecular weight is 257 g/mol. The van der Waals surface area contributed by atoms with Crippen LogP contribution in [0.15, 0.2) is 28.7 Å². The van der Waals surface area contributed by atoms with Gasteiger partial charge in [-0.15, -0.1) is 10.2 Å². The Bertz CT molecular complexity index is 536. The van der Waals surface area contributed by atoms with Crippen molar-refractivity contribution in [1.29, 1.82) is 0 Å². The van der Waals surface area contributed by atoms with Crippen LogP contribution in [0.1, 0.15) is 11.5 Å². The standard InChI is InChI=1S/C11H10F3N3O/c12-11(13,14)8-3-1-2-7(6-8)10-17-16-9(18-10)4-5-15/h1-3,6H,4-5,15H2. The first kappa shape index (κ1) is 12.6. The molecule has 0 radical (unpaired) electrons. The maximum absolute atomic E-state index is 12.5. The van der Waals surface area contributed by atoms with Crippen LogP contribution in [0.5, 0.6) is 0 Å². The van der Waals surface area contributed by atoms with Crippen LogP contribution >= 0.6 is 0 Å². The molecule has 18 heavy (non-hydrogen) atoms. The molecule has 0 atom stereocenters. The molecule has 0 saturated carbocycles. The molecule has 0 saturated heterocycles. The number of hydrogen-bond acceptors (Lipinski definition) is 4. The zero-order chi connectivity index (χ0) is 13.2. The van der Waals surface area contributed by atoms with Crippen LogP contribution in [-0.2, 0) is 12.6 Å². The molecule has 0 fully saturated rings. The second-order valence-electron chi connectivity index (χ2n) is 3.62. The van der Waals surface area contributed by atoms with Crippen molar-refractivity contribution in [3.63, 3.8) is 0 Å². The van der Waals surface area contributed by atoms with E-state index in [2.05, 4.69) is 10.2 Å². The SMILES string of the molecule is NCCc1nnc(-c2cccc(C(F)(F)F)c2)o1. The normalized spacial score (nSPS) is 11.8. The molecular weight excluding hydrogens is 247 g/mol. The van der Waals surface area contributed by atoms with E-state index >= 15 is 0 Å². The summed E-state index contributed by atoms with van der Waals surface area (Å²) in [6, 6.07) is 4.74. The first-order chi connectivity index (χ1) is 8.50. The number of benzene rings is 1. The summed E-state index contributed by atoms with van der Waals surface area (Å²) in [4.78, 5) is 0. The molecule has 4 nitrogen and oxygen atoms in total. The number of aromatic nitrogens is 2. The second-order valence-corrected chi connectivity index (χ2v) is 3.62. The van der Waals surface area contributed by atoms with Crippen molar-refractivity contribution >= 4 is 0 Å². The third-order valence-electron chi connectivity index (χ3n) is 2.26. The second kappa shape index (κ2) is 4.77. The zero-order valence-electron chi connectivity index (χ0n) is 9.24. The van der Waals surface area contributed by atoms with E-state index in [0.717, 1.165) is 12.1 Å². The van der Waals surface area contributed by atoms with E-state index < -0.39 is 11.7 Å². The van der Waals surface area contributed by atoms with Crippen LogP contribution in [-0.4, -0.2) is 16.7 Å². The maximum Gasteiger partial charge on any atom is 0.416 e. The Hall–Kier alpha value is -1.89. The average Bonchev–Trinajstić information content (AvgIpc) is 2.77. The van der Waals surface area contributed by atoms with Crippen LogP contribution in [0.4, 0.5) is 13.2 Å². The predicted molar refractivity (Wildman–Crippen MR) is 57.5 cm³/mol. The van der Waals surface area contributed by atoms with E-state index in [4.69, 9.17) is 10.2 Å². The van der Waals surface area contributed by atoms with Crippen molar-refractivity contribution < 1.29 is 17.6 Å². The van der Waals surface area contributed by atoms with Gasteiger partial charge in [0.25, 0.3) is 0 Å². The molecule has 0 bridgehead atoms. The van der Waals surface area contributed by atoms with Gasteiger partial charge in [-0.25, -0.2) is 0 Å². The van der Waals surface area contributed by atoms with Gasteiger partial charge in [0.2, 0.25) is 11.8 Å². The van der Waals surface area contributed by atoms with E-state index in [1.165, 1.54) is 12.1 Å². The topological polar surface area (TPSA) is 64.9 Å². The molecule has 0 aliphatic rings. The Morgan fingerprint density at radius 3 is 2.67 bits per heavy atom. The van der Waals surface area contributed by atoms with Crippen molar-refractivity contribution in [2.45, 2.75) is 12.6 Å². The highest BCUT2D eigenvalue weighted by Crippen LogP contribution is 2.31. The fourth-order valence-electron chi connectivity index (χ4n) is 1.42. The van der Waals surface area contributed by atoms with E-state index in [0.29, 0.717) is 18.9 Å². The van der Waals surface area contributed by atoms with Gasteiger partial charge < -0.3 is 10.2 Å². The molecular formula is C11H10F3N3O. The minimum atomic E-state index is -4.39. The van der Waals surface area contributed by atoms with Gasteiger partial charge in [0.05, 0.1) is 5.56 Å². The summed E-state index contributed by atoms with van der Waals surface area (Å²) in [5.41, 5.74) is 4.80. The monoisotopic (exact) mass is 257 g/mol. The van der Waals surface area contributed by atoms with Crippen molar-refractivity contribution in [3.05, 3.63) is 35.7 Å². The Morgan fingerprint density at radius 2 is 2.00 bits per heavy atom. The van der Waals surface area contributed by atoms with Gasteiger partial charge in [-0.1, -0.05) is 6.07 Å². The molecule has 2 aromatic rings. The van der Waals surface area contributed by atoms with Crippen molar-refractivity contribution in [2.24, 2.45) is 5.73 Å². The molecule has 1 aromatic carbocycles. The number of alkyl halides is 3. The highest BCUT2D eigenvalue weighted by molar-refractivity contribution is 5.54. The van der Waals surface area contributed by atoms with Crippen LogP contribution in [0.2, 0.25) is 0 Å². The lowest BCUT2D eigenvalue weighted by molar-refractivity contribution is -0.137. The number of halogens is 3. The molecule has 0 aliphatic carbocycles. The third kappa shape index (κ3) is 2.67. The summed E-state index contributed by atoms with van der Waals surface area (Å²) >= 11 is 0. The molecule has 0 spiro atoms. The smallest absolute Gasteiger partial charge is 0.416 e. The van der Waals surface area contributed by atoms with Gasteiger partial charge in [-0.2, -0.15) is 13.2 Å². The lowest BCUT2D eigenvalue weighted by atomic mass is 10.1. The van der Waals surface area contributed by atoms with E-state index in [-0.39, 0.29) is 11.5 Å². The zero-order valence-corrected chi connectivity index (χ0v) is 9.24. The van der Waals surface area contributed by atoms with Crippen molar-refractivity contribution in [3.8, 4) is 11.5 Å². The van der Waals surface area contributed by atoms with Gasteiger partial charge in [-0.05, 0) is 18.2 Å². The molecule has 0 amide bonds. The number of nitrogens with two attached hydrogens (primary N) is 1. The van der Waals surface area contributed by atoms with E-state index in [1.54, 1.807) is 0 Å². The molecule has 2 N–H and O–H groups in total. The first-order valence-corrected chi connectivity index (χ1v) is 5.21. The molecule has 1 aromatic heterocycles. The number of hydrogen-bond donors (Lipinski definition) is 1. The summed E-state index contributed by atoms with van der Waals surface area (Å²) in [6.07, 6.45) is -4.00. The summed E-state index contributed by atoms with van der Waals surface area (Å²) < 4.78 is 42.8. The number of rotatable bonds is 3. The summed E-state index contributed by atoms with van der Waals surface area (Å²) in [6.45, 7) is 0.338. The van der Waals surface area contributed by atoms with Gasteiger partial charge >= 0.3 is 6.18 Å². The lowest BCUT2D eigenvalue weighted by Crippen LogP contribution is -2.04. The fraction of sp³-hybridized carbons (Fsp3) is 0.273. The van der Waals surface area contributed by atoms with Gasteiger partial charge in [-0.3, -0.25) is 0 Å². The molecule has 2 rings (SSSR count). The minimum Gasteiger partial charge on any atom is -0.421 e. The van der Waals surface area contributed by atoms with E-state index in [9.17, 15) is 13.2 Å². The highest BCUT2D eigenvalue weighted by Gasteiger charge is 2.30. The summed E-state index contributed by atoms with van der Waals surface area (Å²) in [7, 11) is 0. The van der Waals surface area contributed by atoms with Crippen LogP contribution < -0.4 is 5.73 Å². The first-order valence-electron chi connectivity index (χ1n) is 5.21. The largest absolute Gasteiger partial charge is 0.421 e. The highest BCUT2D eigenvalue weighted by atomic mass is 19.4. The van der Waals surface area contributed by atoms with Crippen LogP contribution in [0.3, 0.4) is 0 Å². The quantitative estimate of drug-likeness (QED) is 0.915. The molecule has 0 unspecified atom stereocenters. The molecule has 0 aliphatic heterocycles. The van der Waals surface area contributed by atoms with Crippen LogP contribution in [0, 0.1) is 0 Å². The van der Waals surface area contributed by atoms with E-state index in [1.807, 2.05) is 0 Å². The predicted octanol–water partition coefficient (Wildman–Crippen LogP) is 2.26. The number of nitrogens with zero attached hydrogens (tertiary/aromatic N) is 2. The van der Waals surface area contributed by atoms with Gasteiger partial charge in [0.15, 0.2) is 0 Å². The Kier molecular flexibility index (Phi) is 3.33. The van der Waals surface area contributed by atoms with Gasteiger partial charge in [0.1, 0.15) is 0 Å². The molecule has 96 valence electrons. The fourth-order valence-corrected chi connectivity index (χ4v) is 1.42. The summed E-state index contributed by atoms with van der Waals surface area (Å²) in [5.74, 6) is 0.370. The van der Waals surface area contributed by atoms with Crippen molar-refractivity contribution in [1.82, 2.24) is 10.2 Å². The lowest BCUT2D eigenvalue weighted by Gasteiger charge is -2.06. The Labute approximate surface area is 101 Å². The van der Waals surface area contributed by atoms with Crippen LogP contribution in [0.25, 0.3) is 11.5 Å². The molecule has 1 heterocycles.